The minimum atomic E-state index is -1.34. The fourth-order valence-electron chi connectivity index (χ4n) is 1.48. The molecule has 92 valence electrons. The van der Waals surface area contributed by atoms with E-state index >= 15 is 0 Å². The van der Waals surface area contributed by atoms with Gasteiger partial charge in [-0.2, -0.15) is 5.90 Å². The van der Waals surface area contributed by atoms with E-state index in [9.17, 15) is 9.59 Å². The van der Waals surface area contributed by atoms with Crippen molar-refractivity contribution in [2.75, 3.05) is 0 Å². The molecule has 5 N–H and O–H groups in total. The van der Waals surface area contributed by atoms with Crippen LogP contribution >= 0.6 is 0 Å². The van der Waals surface area contributed by atoms with Crippen molar-refractivity contribution in [1.82, 2.24) is 0 Å². The van der Waals surface area contributed by atoms with Gasteiger partial charge in [0.25, 0.3) is 0 Å². The van der Waals surface area contributed by atoms with E-state index < -0.39 is 23.9 Å². The zero-order chi connectivity index (χ0) is 12.8. The van der Waals surface area contributed by atoms with Gasteiger partial charge >= 0.3 is 11.9 Å². The van der Waals surface area contributed by atoms with Gasteiger partial charge < -0.3 is 15.7 Å². The average molecular weight is 238 g/mol. The lowest BCUT2D eigenvalue weighted by Crippen LogP contribution is -2.44. The lowest BCUT2D eigenvalue weighted by molar-refractivity contribution is -0.154. The van der Waals surface area contributed by atoms with Gasteiger partial charge in [-0.05, 0) is 12.0 Å². The molecule has 6 heteroatoms. The molecule has 0 aliphatic carbocycles. The van der Waals surface area contributed by atoms with Crippen LogP contribution in [0.15, 0.2) is 30.3 Å². The molecule has 0 bridgehead atoms. The summed E-state index contributed by atoms with van der Waals surface area (Å²) in [4.78, 5) is 26.2. The highest BCUT2D eigenvalue weighted by atomic mass is 16.7. The number of rotatable bonds is 5. The molecule has 0 aliphatic rings. The number of hydrogen-bond acceptors (Lipinski definition) is 5. The minimum Gasteiger partial charge on any atom is -0.480 e. The molecule has 0 aromatic heterocycles. The number of benzene rings is 1. The first-order valence-electron chi connectivity index (χ1n) is 4.99. The van der Waals surface area contributed by atoms with Crippen LogP contribution in [0.5, 0.6) is 0 Å². The summed E-state index contributed by atoms with van der Waals surface area (Å²) in [6.45, 7) is 0. The number of carbonyl (C=O) groups is 2. The van der Waals surface area contributed by atoms with E-state index in [-0.39, 0.29) is 6.42 Å². The Hall–Kier alpha value is -1.92. The Balaban J connectivity index is 2.85. The van der Waals surface area contributed by atoms with E-state index in [1.54, 1.807) is 24.3 Å². The largest absolute Gasteiger partial charge is 0.480 e. The summed E-state index contributed by atoms with van der Waals surface area (Å²) < 4.78 is 0. The quantitative estimate of drug-likeness (QED) is 0.605. The topological polar surface area (TPSA) is 116 Å². The van der Waals surface area contributed by atoms with Gasteiger partial charge in [0.15, 0.2) is 0 Å². The lowest BCUT2D eigenvalue weighted by Gasteiger charge is -2.17. The summed E-state index contributed by atoms with van der Waals surface area (Å²) in [6.07, 6.45) is 0.171. The van der Waals surface area contributed by atoms with Crippen molar-refractivity contribution >= 4 is 11.9 Å². The van der Waals surface area contributed by atoms with Crippen molar-refractivity contribution in [2.24, 2.45) is 17.5 Å². The number of carboxylic acids is 1. The molecule has 1 rings (SSSR count). The molecule has 0 spiro atoms. The number of aliphatic carboxylic acids is 1. The minimum absolute atomic E-state index is 0.171. The highest BCUT2D eigenvalue weighted by molar-refractivity contribution is 5.83. The van der Waals surface area contributed by atoms with Gasteiger partial charge in [-0.25, -0.2) is 4.79 Å². The molecule has 6 nitrogen and oxygen atoms in total. The van der Waals surface area contributed by atoms with Crippen molar-refractivity contribution < 1.29 is 19.5 Å². The molecule has 0 heterocycles. The monoisotopic (exact) mass is 238 g/mol. The summed E-state index contributed by atoms with van der Waals surface area (Å²) in [6, 6.07) is 7.58. The Bertz CT molecular complexity index is 394. The van der Waals surface area contributed by atoms with Crippen LogP contribution in [0.2, 0.25) is 0 Å². The van der Waals surface area contributed by atoms with Gasteiger partial charge in [0.1, 0.15) is 6.04 Å². The number of nitrogens with two attached hydrogens (primary N) is 2. The third-order valence-electron chi connectivity index (χ3n) is 2.44. The highest BCUT2D eigenvalue weighted by Gasteiger charge is 2.32. The smallest absolute Gasteiger partial charge is 0.329 e. The SMILES string of the molecule is NOC(=O)C(Cc1ccccc1)[C@H](N)C(=O)O. The molecule has 0 radical (unpaired) electrons. The van der Waals surface area contributed by atoms with E-state index in [2.05, 4.69) is 4.84 Å². The highest BCUT2D eigenvalue weighted by Crippen LogP contribution is 2.13. The van der Waals surface area contributed by atoms with Crippen LogP contribution in [0.25, 0.3) is 0 Å². The maximum absolute atomic E-state index is 11.4. The number of hydrogen-bond donors (Lipinski definition) is 3. The Morgan fingerprint density at radius 1 is 1.29 bits per heavy atom. The standard InChI is InChI=1S/C11H14N2O4/c12-9(10(14)15)8(11(16)17-13)6-7-4-2-1-3-5-7/h1-5,8-9H,6,12-13H2,(H,14,15)/t8?,9-/m0/s1. The van der Waals surface area contributed by atoms with Gasteiger partial charge in [-0.1, -0.05) is 30.3 Å². The summed E-state index contributed by atoms with van der Waals surface area (Å²) in [5, 5.41) is 8.80. The first kappa shape index (κ1) is 13.1. The summed E-state index contributed by atoms with van der Waals surface area (Å²) in [7, 11) is 0. The molecule has 0 saturated carbocycles. The molecule has 1 aromatic rings. The second kappa shape index (κ2) is 5.97. The molecule has 0 fully saturated rings. The predicted octanol–water partition coefficient (Wildman–Crippen LogP) is -0.326. The van der Waals surface area contributed by atoms with Gasteiger partial charge in [-0.3, -0.25) is 4.79 Å². The van der Waals surface area contributed by atoms with Gasteiger partial charge in [-0.15, -0.1) is 0 Å². The molecule has 0 aliphatic heterocycles. The zero-order valence-electron chi connectivity index (χ0n) is 9.08. The Morgan fingerprint density at radius 3 is 2.35 bits per heavy atom. The molecular weight excluding hydrogens is 224 g/mol. The normalized spacial score (nSPS) is 13.8. The van der Waals surface area contributed by atoms with Crippen molar-refractivity contribution in [3.05, 3.63) is 35.9 Å². The third-order valence-corrected chi connectivity index (χ3v) is 2.44. The predicted molar refractivity (Wildman–Crippen MR) is 59.5 cm³/mol. The molecule has 2 atom stereocenters. The molecular formula is C11H14N2O4. The van der Waals surface area contributed by atoms with Gasteiger partial charge in [0.05, 0.1) is 5.92 Å². The second-order valence-electron chi connectivity index (χ2n) is 3.60. The van der Waals surface area contributed by atoms with Crippen molar-refractivity contribution in [3.8, 4) is 0 Å². The Morgan fingerprint density at radius 2 is 1.88 bits per heavy atom. The summed E-state index contributed by atoms with van der Waals surface area (Å²) >= 11 is 0. The first-order chi connectivity index (χ1) is 8.06. The molecule has 17 heavy (non-hydrogen) atoms. The van der Waals surface area contributed by atoms with Crippen LogP contribution in [0.4, 0.5) is 0 Å². The average Bonchev–Trinajstić information content (AvgIpc) is 2.35. The van der Waals surface area contributed by atoms with Gasteiger partial charge in [0, 0.05) is 0 Å². The van der Waals surface area contributed by atoms with Gasteiger partial charge in [0.2, 0.25) is 0 Å². The van der Waals surface area contributed by atoms with E-state index in [1.165, 1.54) is 0 Å². The van der Waals surface area contributed by atoms with Crippen molar-refractivity contribution in [3.63, 3.8) is 0 Å². The third kappa shape index (κ3) is 3.54. The van der Waals surface area contributed by atoms with Crippen LogP contribution < -0.4 is 11.6 Å². The Kier molecular flexibility index (Phi) is 4.62. The van der Waals surface area contributed by atoms with E-state index in [0.29, 0.717) is 0 Å². The zero-order valence-corrected chi connectivity index (χ0v) is 9.08. The molecule has 1 aromatic carbocycles. The van der Waals surface area contributed by atoms with Crippen LogP contribution in [0.3, 0.4) is 0 Å². The van der Waals surface area contributed by atoms with Crippen molar-refractivity contribution in [2.45, 2.75) is 12.5 Å². The van der Waals surface area contributed by atoms with Crippen LogP contribution in [-0.4, -0.2) is 23.1 Å². The number of carbonyl (C=O) groups excluding carboxylic acids is 1. The summed E-state index contributed by atoms with van der Waals surface area (Å²) in [5.41, 5.74) is 6.22. The van der Waals surface area contributed by atoms with E-state index in [4.69, 9.17) is 16.7 Å². The Labute approximate surface area is 98.1 Å². The fourth-order valence-corrected chi connectivity index (χ4v) is 1.48. The van der Waals surface area contributed by atoms with Crippen LogP contribution in [0, 0.1) is 5.92 Å². The van der Waals surface area contributed by atoms with Crippen molar-refractivity contribution in [1.29, 1.82) is 0 Å². The number of carboxylic acid groups (broad SMARTS) is 1. The molecule has 0 saturated heterocycles. The van der Waals surface area contributed by atoms with E-state index in [0.717, 1.165) is 5.56 Å². The molecule has 1 unspecified atom stereocenters. The fraction of sp³-hybridized carbons (Fsp3) is 0.273. The van der Waals surface area contributed by atoms with Crippen LogP contribution in [0.1, 0.15) is 5.56 Å². The molecule has 0 amide bonds. The maximum Gasteiger partial charge on any atom is 0.329 e. The first-order valence-corrected chi connectivity index (χ1v) is 4.99. The lowest BCUT2D eigenvalue weighted by atomic mass is 9.93. The summed E-state index contributed by atoms with van der Waals surface area (Å²) in [5.74, 6) is 1.67. The van der Waals surface area contributed by atoms with E-state index in [1.807, 2.05) is 6.07 Å². The second-order valence-corrected chi connectivity index (χ2v) is 3.60. The maximum atomic E-state index is 11.4. The van der Waals surface area contributed by atoms with Crippen LogP contribution in [-0.2, 0) is 20.8 Å².